The van der Waals surface area contributed by atoms with E-state index in [1.165, 1.54) is 214 Å². The molecular weight excluding hydrogens is 1760 g/mol. The summed E-state index contributed by atoms with van der Waals surface area (Å²) in [5.41, 5.74) is 31.2. The zero-order valence-corrected chi connectivity index (χ0v) is 84.2. The van der Waals surface area contributed by atoms with Crippen molar-refractivity contribution < 1.29 is 10.2 Å². The lowest BCUT2D eigenvalue weighted by atomic mass is 9.85. The Labute approximate surface area is 838 Å². The molecule has 28 rings (SSSR count). The van der Waals surface area contributed by atoms with E-state index in [4.69, 9.17) is 24.9 Å². The second-order valence-corrected chi connectivity index (χ2v) is 42.5. The van der Waals surface area contributed by atoms with Crippen LogP contribution in [0.25, 0.3) is 164 Å². The average Bonchev–Trinajstić information content (AvgIpc) is 1.59. The molecule has 732 valence electrons. The van der Waals surface area contributed by atoms with Crippen molar-refractivity contribution in [2.75, 3.05) is 171 Å². The summed E-state index contributed by atoms with van der Waals surface area (Å²) in [5.74, 6) is 1.60. The second-order valence-electron chi connectivity index (χ2n) is 42.5. The minimum absolute atomic E-state index is 0.0705. The molecule has 7 aliphatic heterocycles. The predicted octanol–water partition coefficient (Wildman–Crippen LogP) is 23.4. The van der Waals surface area contributed by atoms with Crippen LogP contribution in [0.3, 0.4) is 0 Å². The molecule has 1 saturated carbocycles. The molecule has 0 bridgehead atoms. The van der Waals surface area contributed by atoms with Crippen molar-refractivity contribution in [1.29, 1.82) is 0 Å². The van der Waals surface area contributed by atoms with E-state index in [2.05, 4.69) is 345 Å². The van der Waals surface area contributed by atoms with E-state index in [0.29, 0.717) is 0 Å². The normalized spacial score (nSPS) is 17.8. The third-order valence-electron chi connectivity index (χ3n) is 32.8. The third kappa shape index (κ3) is 17.7. The Bertz CT molecular complexity index is 7620. The van der Waals surface area contributed by atoms with E-state index in [1.807, 2.05) is 0 Å². The lowest BCUT2D eigenvalue weighted by Gasteiger charge is -2.32. The van der Waals surface area contributed by atoms with Gasteiger partial charge in [-0.3, -0.25) is 0 Å². The molecule has 21 nitrogen and oxygen atoms in total. The van der Waals surface area contributed by atoms with Crippen LogP contribution in [0.15, 0.2) is 243 Å². The smallest absolute Gasteiger partial charge is 0.0988 e. The number of rotatable bonds is 16. The van der Waals surface area contributed by atoms with E-state index in [1.54, 1.807) is 0 Å². The molecular formula is C122H137N19O2. The fourth-order valence-electron chi connectivity index (χ4n) is 25.6. The number of para-hydroxylation sites is 10. The number of pyridine rings is 5. The first-order chi connectivity index (χ1) is 70.4. The van der Waals surface area contributed by atoms with Crippen molar-refractivity contribution in [3.63, 3.8) is 0 Å². The highest BCUT2D eigenvalue weighted by Gasteiger charge is 2.34. The Morgan fingerprint density at radius 1 is 0.252 bits per heavy atom. The third-order valence-corrected chi connectivity index (χ3v) is 32.8. The zero-order valence-electron chi connectivity index (χ0n) is 84.2. The maximum Gasteiger partial charge on any atom is 0.0988 e. The second kappa shape index (κ2) is 40.3. The topological polar surface area (TPSA) is 159 Å². The van der Waals surface area contributed by atoms with Crippen LogP contribution in [-0.2, 0) is 32.7 Å². The molecule has 8 aliphatic rings. The maximum absolute atomic E-state index is 9.86. The minimum atomic E-state index is -0.112. The van der Waals surface area contributed by atoms with Crippen molar-refractivity contribution in [3.05, 3.63) is 243 Å². The Morgan fingerprint density at radius 3 is 0.818 bits per heavy atom. The number of aromatic nitrogens is 10. The molecule has 0 spiro atoms. The number of aryl methyl sites for hydroxylation is 5. The van der Waals surface area contributed by atoms with Crippen molar-refractivity contribution in [2.45, 2.75) is 148 Å². The van der Waals surface area contributed by atoms with Crippen molar-refractivity contribution >= 4 is 193 Å². The molecule has 10 aromatic heterocycles. The van der Waals surface area contributed by atoms with Crippen LogP contribution in [0.1, 0.15) is 103 Å². The Morgan fingerprint density at radius 2 is 0.510 bits per heavy atom. The summed E-state index contributed by atoms with van der Waals surface area (Å²) in [4.78, 5) is 48.2. The van der Waals surface area contributed by atoms with E-state index >= 15 is 0 Å². The first-order valence-corrected chi connectivity index (χ1v) is 53.7. The fraction of sp³-hybridized carbons (Fsp3) is 0.385. The lowest BCUT2D eigenvalue weighted by Crippen LogP contribution is -2.41. The highest BCUT2D eigenvalue weighted by molar-refractivity contribution is 6.22. The molecule has 2 saturated heterocycles. The van der Waals surface area contributed by atoms with Gasteiger partial charge in [0, 0.05) is 178 Å². The Balaban J connectivity index is 0.0000000965. The number of likely N-dealkylation sites (N-methyl/N-ethyl adjacent to an activating group) is 1. The van der Waals surface area contributed by atoms with E-state index < -0.39 is 0 Å². The molecule has 0 unspecified atom stereocenters. The largest absolute Gasteiger partial charge is 0.393 e. The monoisotopic (exact) mass is 1900 g/mol. The van der Waals surface area contributed by atoms with Gasteiger partial charge in [-0.05, 0) is 230 Å². The molecule has 10 aromatic carbocycles. The van der Waals surface area contributed by atoms with Crippen LogP contribution in [0.2, 0.25) is 0 Å². The number of aliphatic hydroxyl groups excluding tert-OH is 2. The number of piperidine rings is 2. The van der Waals surface area contributed by atoms with Crippen molar-refractivity contribution in [1.82, 2.24) is 67.4 Å². The SMILES string of the molecule is CN(C)CCCN1CCCn2c3ccccc3c3nc4ccccc4c1c32.CN(C)CCN1CCCn2c3ccccc3c3nc4ccccc4c1c32.CN1CCC(CCN2CCCn3c4ccccc4c4nc5ccccc5c2c43)CC1.OC1CCC(CCN2CCCn3c4ccccc4c4nc5ccccc5c2c43)CC1.OC1CCN(CCN2CCCn3c4ccccc4c4nc5ccccc5c2c43)CC1. The van der Waals surface area contributed by atoms with Crippen LogP contribution in [0.5, 0.6) is 0 Å². The Kier molecular flexibility index (Phi) is 26.1. The number of hydrogen-bond donors (Lipinski definition) is 2. The molecule has 0 radical (unpaired) electrons. The van der Waals surface area contributed by atoms with Crippen LogP contribution in [0.4, 0.5) is 28.4 Å². The number of benzene rings is 10. The van der Waals surface area contributed by atoms with Gasteiger partial charge >= 0.3 is 0 Å². The zero-order chi connectivity index (χ0) is 96.3. The van der Waals surface area contributed by atoms with Crippen LogP contribution in [-0.4, -0.2) is 236 Å². The number of anilines is 5. The van der Waals surface area contributed by atoms with Gasteiger partial charge < -0.3 is 77.1 Å². The van der Waals surface area contributed by atoms with Crippen molar-refractivity contribution in [3.8, 4) is 0 Å². The van der Waals surface area contributed by atoms with Gasteiger partial charge in [-0.15, -0.1) is 0 Å². The number of likely N-dealkylation sites (tertiary alicyclic amines) is 2. The van der Waals surface area contributed by atoms with Crippen LogP contribution >= 0.6 is 0 Å². The van der Waals surface area contributed by atoms with Crippen LogP contribution in [0, 0.1) is 11.8 Å². The number of hydrogen-bond acceptors (Lipinski definition) is 16. The molecule has 17 heterocycles. The van der Waals surface area contributed by atoms with E-state index in [0.717, 1.165) is 237 Å². The van der Waals surface area contributed by atoms with E-state index in [9.17, 15) is 10.2 Å². The van der Waals surface area contributed by atoms with E-state index in [-0.39, 0.29) is 12.2 Å². The van der Waals surface area contributed by atoms with Crippen molar-refractivity contribution in [2.24, 2.45) is 11.8 Å². The molecule has 2 N–H and O–H groups in total. The average molecular weight is 1900 g/mol. The summed E-state index contributed by atoms with van der Waals surface area (Å²) in [6.07, 6.45) is 18.1. The van der Waals surface area contributed by atoms with Gasteiger partial charge in [0.05, 0.1) is 151 Å². The lowest BCUT2D eigenvalue weighted by molar-refractivity contribution is 0.0838. The van der Waals surface area contributed by atoms with Gasteiger partial charge in [0.2, 0.25) is 0 Å². The standard InChI is InChI=1S/C26H30N4.C26H29N3O.C25H28N4O.C23H26N4.C22H24N4/c1-28-16-11-19(12-17-28)13-18-29-14-6-15-30-23-10-5-3-8-21(23)24-26(30)25(29)20-7-2-4-9-22(20)27-24;30-19-12-10-18(11-13-19)14-17-28-15-5-16-29-23-9-4-2-7-21(23)24-26(29)25(28)20-6-1-3-8-22(20)27-24;30-18-10-14-27(15-11-18)16-17-28-12-5-13-29-22-9-4-2-7-20(22)23-25(29)24(28)19-6-1-3-8-21(19)26-23;1-25(2)13-7-14-26-15-8-16-27-20-12-6-4-10-18(20)21-23(27)22(26)17-9-3-5-11-19(17)24-21;1-24(2)14-15-25-12-7-13-26-19-11-6-4-9-17(19)20-22(26)21(25)16-8-3-5-10-18(16)23-20/h2-5,7-10,19H,6,11-18H2,1H3;1-4,6-9,18-19,30H,5,10-17H2;1-4,6-9,18,30H,5,10-17H2;3-6,9-12H,7-8,13-16H2,1-2H3;3-6,8-11H,7,12-15H2,1-2H3. The molecule has 0 amide bonds. The summed E-state index contributed by atoms with van der Waals surface area (Å²) in [5, 5.41) is 32.4. The summed E-state index contributed by atoms with van der Waals surface area (Å²) >= 11 is 0. The number of nitrogens with zero attached hydrogens (tertiary/aromatic N) is 19. The van der Waals surface area contributed by atoms with Gasteiger partial charge in [0.1, 0.15) is 0 Å². The molecule has 1 aliphatic carbocycles. The fourth-order valence-corrected chi connectivity index (χ4v) is 25.6. The van der Waals surface area contributed by atoms with Gasteiger partial charge in [0.25, 0.3) is 0 Å². The molecule has 20 aromatic rings. The van der Waals surface area contributed by atoms with Gasteiger partial charge in [0.15, 0.2) is 0 Å². The summed E-state index contributed by atoms with van der Waals surface area (Å²) in [7, 11) is 10.9. The predicted molar refractivity (Wildman–Crippen MR) is 599 cm³/mol. The van der Waals surface area contributed by atoms with Gasteiger partial charge in [-0.25, -0.2) is 24.9 Å². The first kappa shape index (κ1) is 92.4. The summed E-state index contributed by atoms with van der Waals surface area (Å²) < 4.78 is 12.5. The quantitative estimate of drug-likeness (QED) is 0.0940. The summed E-state index contributed by atoms with van der Waals surface area (Å²) in [6, 6.07) is 86.9. The molecule has 0 atom stereocenters. The van der Waals surface area contributed by atoms with Gasteiger partial charge in [-0.2, -0.15) is 0 Å². The molecule has 3 fully saturated rings. The highest BCUT2D eigenvalue weighted by Crippen LogP contribution is 2.49. The van der Waals surface area contributed by atoms with Gasteiger partial charge in [-0.1, -0.05) is 182 Å². The maximum atomic E-state index is 9.86. The number of aliphatic hydroxyl groups is 2. The Hall–Kier alpha value is -13.0. The summed E-state index contributed by atoms with van der Waals surface area (Å²) in [6.45, 7) is 23.8. The first-order valence-electron chi connectivity index (χ1n) is 53.7. The molecule has 143 heavy (non-hydrogen) atoms. The molecule has 21 heteroatoms. The highest BCUT2D eigenvalue weighted by atomic mass is 16.3. The van der Waals surface area contributed by atoms with Crippen LogP contribution < -0.4 is 24.5 Å². The number of fused-ring (bicyclic) bond motifs is 25. The minimum Gasteiger partial charge on any atom is -0.393 e.